The molecule has 1 fully saturated rings. The first-order valence-corrected chi connectivity index (χ1v) is 7.76. The van der Waals surface area contributed by atoms with Crippen molar-refractivity contribution in [3.8, 4) is 5.75 Å². The van der Waals surface area contributed by atoms with Crippen LogP contribution in [0.15, 0.2) is 24.3 Å². The number of carbonyl (C=O) groups is 1. The van der Waals surface area contributed by atoms with Gasteiger partial charge in [-0.25, -0.2) is 4.79 Å². The van der Waals surface area contributed by atoms with Crippen LogP contribution >= 0.6 is 0 Å². The van der Waals surface area contributed by atoms with Crippen LogP contribution in [0.25, 0.3) is 0 Å². The van der Waals surface area contributed by atoms with Gasteiger partial charge >= 0.3 is 6.03 Å². The molecule has 2 N–H and O–H groups in total. The van der Waals surface area contributed by atoms with Crippen molar-refractivity contribution in [1.29, 1.82) is 0 Å². The number of nitrogens with one attached hydrogen (secondary N) is 2. The average molecular weight is 307 g/mol. The Balaban J connectivity index is 1.51. The number of rotatable bonds is 7. The van der Waals surface area contributed by atoms with Gasteiger partial charge in [-0.3, -0.25) is 4.90 Å². The summed E-state index contributed by atoms with van der Waals surface area (Å²) in [5.41, 5.74) is 1.09. The molecule has 2 rings (SSSR count). The summed E-state index contributed by atoms with van der Waals surface area (Å²) in [6.45, 7) is 7.88. The van der Waals surface area contributed by atoms with Gasteiger partial charge in [-0.05, 0) is 18.6 Å². The Bertz CT molecular complexity index is 462. The number of para-hydroxylation sites is 1. The molecule has 0 spiro atoms. The lowest BCUT2D eigenvalue weighted by molar-refractivity contribution is 0.0387. The maximum absolute atomic E-state index is 11.6. The zero-order valence-electron chi connectivity index (χ0n) is 13.1. The van der Waals surface area contributed by atoms with Crippen molar-refractivity contribution in [3.63, 3.8) is 0 Å². The molecule has 2 amide bonds. The summed E-state index contributed by atoms with van der Waals surface area (Å²) in [5.74, 6) is 0.858. The summed E-state index contributed by atoms with van der Waals surface area (Å²) in [6.07, 6.45) is 0. The molecule has 1 aliphatic heterocycles. The SMILES string of the molecule is Cc1ccccc1OCCNC(=O)NCCN1CCOCC1. The number of aryl methyl sites for hydroxylation is 1. The zero-order chi connectivity index (χ0) is 15.6. The number of carbonyl (C=O) groups excluding carboxylic acids is 1. The maximum atomic E-state index is 11.6. The van der Waals surface area contributed by atoms with Crippen LogP contribution in [-0.4, -0.2) is 63.5 Å². The molecule has 0 radical (unpaired) electrons. The fraction of sp³-hybridized carbons (Fsp3) is 0.562. The van der Waals surface area contributed by atoms with Crippen LogP contribution in [-0.2, 0) is 4.74 Å². The lowest BCUT2D eigenvalue weighted by atomic mass is 10.2. The molecule has 0 aliphatic carbocycles. The van der Waals surface area contributed by atoms with E-state index in [2.05, 4.69) is 15.5 Å². The molecular formula is C16H25N3O3. The Hall–Kier alpha value is -1.79. The van der Waals surface area contributed by atoms with E-state index in [1.165, 1.54) is 0 Å². The van der Waals surface area contributed by atoms with Crippen LogP contribution in [0.3, 0.4) is 0 Å². The lowest BCUT2D eigenvalue weighted by Gasteiger charge is -2.26. The second-order valence-corrected chi connectivity index (χ2v) is 5.25. The van der Waals surface area contributed by atoms with E-state index in [-0.39, 0.29) is 6.03 Å². The fourth-order valence-corrected chi connectivity index (χ4v) is 2.26. The Morgan fingerprint density at radius 2 is 1.95 bits per heavy atom. The van der Waals surface area contributed by atoms with Gasteiger partial charge in [-0.15, -0.1) is 0 Å². The highest BCUT2D eigenvalue weighted by atomic mass is 16.5. The van der Waals surface area contributed by atoms with E-state index in [1.54, 1.807) is 0 Å². The predicted octanol–water partition coefficient (Wildman–Crippen LogP) is 1.01. The second kappa shape index (κ2) is 9.27. The number of benzene rings is 1. The van der Waals surface area contributed by atoms with Gasteiger partial charge in [0.25, 0.3) is 0 Å². The molecule has 6 nitrogen and oxygen atoms in total. The number of hydrogen-bond acceptors (Lipinski definition) is 4. The van der Waals surface area contributed by atoms with Crippen molar-refractivity contribution in [2.24, 2.45) is 0 Å². The molecule has 0 bridgehead atoms. The van der Waals surface area contributed by atoms with E-state index < -0.39 is 0 Å². The summed E-state index contributed by atoms with van der Waals surface area (Å²) in [6, 6.07) is 7.69. The molecular weight excluding hydrogens is 282 g/mol. The number of ether oxygens (including phenoxy) is 2. The van der Waals surface area contributed by atoms with Gasteiger partial charge < -0.3 is 20.1 Å². The fourth-order valence-electron chi connectivity index (χ4n) is 2.26. The Morgan fingerprint density at radius 1 is 1.23 bits per heavy atom. The van der Waals surface area contributed by atoms with Gasteiger partial charge in [0.1, 0.15) is 12.4 Å². The van der Waals surface area contributed by atoms with Crippen LogP contribution in [0.5, 0.6) is 5.75 Å². The van der Waals surface area contributed by atoms with Crippen molar-refractivity contribution in [3.05, 3.63) is 29.8 Å². The normalized spacial score (nSPS) is 15.3. The molecule has 1 saturated heterocycles. The number of nitrogens with zero attached hydrogens (tertiary/aromatic N) is 1. The van der Waals surface area contributed by atoms with Crippen molar-refractivity contribution >= 4 is 6.03 Å². The van der Waals surface area contributed by atoms with Crippen LogP contribution in [0.4, 0.5) is 4.79 Å². The number of morpholine rings is 1. The smallest absolute Gasteiger partial charge is 0.314 e. The van der Waals surface area contributed by atoms with E-state index in [0.717, 1.165) is 44.2 Å². The Morgan fingerprint density at radius 3 is 2.73 bits per heavy atom. The van der Waals surface area contributed by atoms with Gasteiger partial charge in [-0.1, -0.05) is 18.2 Å². The monoisotopic (exact) mass is 307 g/mol. The second-order valence-electron chi connectivity index (χ2n) is 5.25. The predicted molar refractivity (Wildman–Crippen MR) is 85.3 cm³/mol. The molecule has 22 heavy (non-hydrogen) atoms. The number of hydrogen-bond donors (Lipinski definition) is 2. The minimum Gasteiger partial charge on any atom is -0.491 e. The molecule has 1 aromatic carbocycles. The summed E-state index contributed by atoms with van der Waals surface area (Å²) < 4.78 is 10.9. The highest BCUT2D eigenvalue weighted by Gasteiger charge is 2.09. The Labute approximate surface area is 131 Å². The molecule has 0 atom stereocenters. The lowest BCUT2D eigenvalue weighted by Crippen LogP contribution is -2.44. The van der Waals surface area contributed by atoms with Crippen LogP contribution in [0.2, 0.25) is 0 Å². The quantitative estimate of drug-likeness (QED) is 0.738. The molecule has 6 heteroatoms. The maximum Gasteiger partial charge on any atom is 0.314 e. The highest BCUT2D eigenvalue weighted by Crippen LogP contribution is 2.15. The van der Waals surface area contributed by atoms with Crippen LogP contribution in [0, 0.1) is 6.92 Å². The van der Waals surface area contributed by atoms with Crippen molar-refractivity contribution in [2.45, 2.75) is 6.92 Å². The third-order valence-electron chi connectivity index (χ3n) is 3.56. The third kappa shape index (κ3) is 5.91. The van der Waals surface area contributed by atoms with Crippen LogP contribution in [0.1, 0.15) is 5.56 Å². The molecule has 1 aromatic rings. The van der Waals surface area contributed by atoms with E-state index >= 15 is 0 Å². The van der Waals surface area contributed by atoms with Gasteiger partial charge in [0, 0.05) is 26.2 Å². The van der Waals surface area contributed by atoms with Crippen LogP contribution < -0.4 is 15.4 Å². The molecule has 1 aliphatic rings. The molecule has 0 aromatic heterocycles. The summed E-state index contributed by atoms with van der Waals surface area (Å²) in [4.78, 5) is 13.9. The topological polar surface area (TPSA) is 62.8 Å². The highest BCUT2D eigenvalue weighted by molar-refractivity contribution is 5.73. The molecule has 1 heterocycles. The zero-order valence-corrected chi connectivity index (χ0v) is 13.1. The Kier molecular flexibility index (Phi) is 6.99. The largest absolute Gasteiger partial charge is 0.491 e. The first-order chi connectivity index (χ1) is 10.8. The number of urea groups is 1. The molecule has 0 unspecified atom stereocenters. The summed E-state index contributed by atoms with van der Waals surface area (Å²) >= 11 is 0. The minimum atomic E-state index is -0.151. The van der Waals surface area contributed by atoms with E-state index in [1.807, 2.05) is 31.2 Å². The first-order valence-electron chi connectivity index (χ1n) is 7.76. The van der Waals surface area contributed by atoms with E-state index in [4.69, 9.17) is 9.47 Å². The van der Waals surface area contributed by atoms with Crippen molar-refractivity contribution in [2.75, 3.05) is 52.5 Å². The third-order valence-corrected chi connectivity index (χ3v) is 3.56. The van der Waals surface area contributed by atoms with E-state index in [0.29, 0.717) is 19.7 Å². The summed E-state index contributed by atoms with van der Waals surface area (Å²) in [7, 11) is 0. The molecule has 122 valence electrons. The van der Waals surface area contributed by atoms with E-state index in [9.17, 15) is 4.79 Å². The number of amides is 2. The molecule has 0 saturated carbocycles. The first kappa shape index (κ1) is 16.6. The van der Waals surface area contributed by atoms with Gasteiger partial charge in [-0.2, -0.15) is 0 Å². The standard InChI is InChI=1S/C16H25N3O3/c1-14-4-2-3-5-15(14)22-11-7-18-16(20)17-6-8-19-9-12-21-13-10-19/h2-5H,6-13H2,1H3,(H2,17,18,20). The minimum absolute atomic E-state index is 0.151. The van der Waals surface area contributed by atoms with Crippen molar-refractivity contribution in [1.82, 2.24) is 15.5 Å². The average Bonchev–Trinajstić information content (AvgIpc) is 2.54. The van der Waals surface area contributed by atoms with Gasteiger partial charge in [0.2, 0.25) is 0 Å². The van der Waals surface area contributed by atoms with Gasteiger partial charge in [0.05, 0.1) is 19.8 Å². The van der Waals surface area contributed by atoms with Crippen molar-refractivity contribution < 1.29 is 14.3 Å². The summed E-state index contributed by atoms with van der Waals surface area (Å²) in [5, 5.41) is 5.64. The van der Waals surface area contributed by atoms with Gasteiger partial charge in [0.15, 0.2) is 0 Å².